The van der Waals surface area contributed by atoms with Gasteiger partial charge in [0.05, 0.1) is 5.41 Å². The highest BCUT2D eigenvalue weighted by Crippen LogP contribution is 2.22. The topological polar surface area (TPSA) is 26.3 Å². The lowest BCUT2D eigenvalue weighted by atomic mass is 9.91. The van der Waals surface area contributed by atoms with E-state index in [4.69, 9.17) is 4.74 Å². The number of ether oxygens (including phenoxy) is 1. The molecule has 0 unspecified atom stereocenters. The van der Waals surface area contributed by atoms with E-state index in [9.17, 15) is 4.79 Å². The Hall–Kier alpha value is -1.31. The summed E-state index contributed by atoms with van der Waals surface area (Å²) in [4.78, 5) is 11.6. The molecule has 1 aromatic rings. The number of rotatable bonds is 4. The highest BCUT2D eigenvalue weighted by Gasteiger charge is 2.26. The van der Waals surface area contributed by atoms with Crippen LogP contribution in [0.5, 0.6) is 0 Å². The van der Waals surface area contributed by atoms with E-state index in [0.29, 0.717) is 6.61 Å². The van der Waals surface area contributed by atoms with E-state index in [-0.39, 0.29) is 11.4 Å². The predicted molar refractivity (Wildman–Crippen MR) is 83.0 cm³/mol. The van der Waals surface area contributed by atoms with Gasteiger partial charge in [-0.2, -0.15) is 0 Å². The van der Waals surface area contributed by atoms with Crippen LogP contribution in [0.25, 0.3) is 0 Å². The Kier molecular flexibility index (Phi) is 12.4. The lowest BCUT2D eigenvalue weighted by molar-refractivity contribution is -0.155. The van der Waals surface area contributed by atoms with Gasteiger partial charge in [0.1, 0.15) is 6.61 Å². The molecule has 0 radical (unpaired) electrons. The molecule has 0 bridgehead atoms. The van der Waals surface area contributed by atoms with E-state index in [1.807, 2.05) is 78.8 Å². The van der Waals surface area contributed by atoms with Crippen molar-refractivity contribution in [1.29, 1.82) is 0 Å². The van der Waals surface area contributed by atoms with Crippen LogP contribution in [-0.4, -0.2) is 5.97 Å². The maximum atomic E-state index is 11.6. The number of hydrogen-bond acceptors (Lipinski definition) is 2. The van der Waals surface area contributed by atoms with Crippen molar-refractivity contribution in [2.45, 2.75) is 61.5 Å². The molecule has 0 aliphatic rings. The molecule has 0 atom stereocenters. The van der Waals surface area contributed by atoms with Crippen LogP contribution in [0.3, 0.4) is 0 Å². The molecule has 1 aromatic carbocycles. The normalized spacial score (nSPS) is 9.42. The highest BCUT2D eigenvalue weighted by atomic mass is 16.5. The SMILES string of the molecule is CC.CC.CCC(C)(C)C(=O)OCc1ccccc1. The molecule has 0 aliphatic carbocycles. The van der Waals surface area contributed by atoms with Crippen molar-refractivity contribution in [3.63, 3.8) is 0 Å². The van der Waals surface area contributed by atoms with Crippen LogP contribution in [0.1, 0.15) is 60.5 Å². The summed E-state index contributed by atoms with van der Waals surface area (Å²) < 4.78 is 5.24. The molecule has 1 rings (SSSR count). The Balaban J connectivity index is 0. The monoisotopic (exact) mass is 266 g/mol. The van der Waals surface area contributed by atoms with Crippen LogP contribution >= 0.6 is 0 Å². The van der Waals surface area contributed by atoms with Crippen molar-refractivity contribution >= 4 is 5.97 Å². The van der Waals surface area contributed by atoms with E-state index in [0.717, 1.165) is 12.0 Å². The van der Waals surface area contributed by atoms with Gasteiger partial charge < -0.3 is 4.74 Å². The van der Waals surface area contributed by atoms with E-state index in [2.05, 4.69) is 0 Å². The molecule has 0 heterocycles. The quantitative estimate of drug-likeness (QED) is 0.698. The minimum atomic E-state index is -0.380. The first kappa shape index (κ1) is 20.0. The van der Waals surface area contributed by atoms with Crippen LogP contribution in [0.4, 0.5) is 0 Å². The zero-order chi connectivity index (χ0) is 15.3. The number of carbonyl (C=O) groups excluding carboxylic acids is 1. The largest absolute Gasteiger partial charge is 0.460 e. The van der Waals surface area contributed by atoms with Gasteiger partial charge in [-0.05, 0) is 25.8 Å². The van der Waals surface area contributed by atoms with Gasteiger partial charge in [-0.1, -0.05) is 65.0 Å². The standard InChI is InChI=1S/C13H18O2.2C2H6/c1-4-13(2,3)12(14)15-10-11-8-6-5-7-9-11;2*1-2/h5-9H,4,10H2,1-3H3;2*1-2H3. The van der Waals surface area contributed by atoms with Crippen molar-refractivity contribution in [2.75, 3.05) is 0 Å². The molecule has 2 heteroatoms. The zero-order valence-electron chi connectivity index (χ0n) is 13.6. The van der Waals surface area contributed by atoms with Gasteiger partial charge in [-0.3, -0.25) is 4.79 Å². The second-order valence-corrected chi connectivity index (χ2v) is 4.30. The summed E-state index contributed by atoms with van der Waals surface area (Å²) in [5.74, 6) is -0.131. The van der Waals surface area contributed by atoms with Crippen molar-refractivity contribution in [3.8, 4) is 0 Å². The molecule has 2 nitrogen and oxygen atoms in total. The molecule has 0 aromatic heterocycles. The fourth-order valence-corrected chi connectivity index (χ4v) is 1.06. The summed E-state index contributed by atoms with van der Waals surface area (Å²) in [7, 11) is 0. The summed E-state index contributed by atoms with van der Waals surface area (Å²) >= 11 is 0. The minimum absolute atomic E-state index is 0.131. The molecule has 0 saturated heterocycles. The second-order valence-electron chi connectivity index (χ2n) is 4.30. The average molecular weight is 266 g/mol. The van der Waals surface area contributed by atoms with Gasteiger partial charge in [0.2, 0.25) is 0 Å². The van der Waals surface area contributed by atoms with Gasteiger partial charge in [0, 0.05) is 0 Å². The van der Waals surface area contributed by atoms with Crippen molar-refractivity contribution in [3.05, 3.63) is 35.9 Å². The third-order valence-corrected chi connectivity index (χ3v) is 2.65. The van der Waals surface area contributed by atoms with Crippen LogP contribution in [0.2, 0.25) is 0 Å². The average Bonchev–Trinajstić information content (AvgIpc) is 2.49. The lowest BCUT2D eigenvalue weighted by Crippen LogP contribution is -2.25. The molecule has 0 saturated carbocycles. The van der Waals surface area contributed by atoms with Gasteiger partial charge in [0.25, 0.3) is 0 Å². The highest BCUT2D eigenvalue weighted by molar-refractivity contribution is 5.75. The summed E-state index contributed by atoms with van der Waals surface area (Å²) in [5.41, 5.74) is 0.646. The summed E-state index contributed by atoms with van der Waals surface area (Å²) in [6, 6.07) is 9.72. The Bertz CT molecular complexity index is 315. The molecule has 0 spiro atoms. The summed E-state index contributed by atoms with van der Waals surface area (Å²) in [5, 5.41) is 0. The van der Waals surface area contributed by atoms with Crippen LogP contribution in [0.15, 0.2) is 30.3 Å². The Morgan fingerprint density at radius 2 is 1.53 bits per heavy atom. The Labute approximate surface area is 119 Å². The summed E-state index contributed by atoms with van der Waals surface area (Å²) in [6.45, 7) is 14.2. The molecule has 0 aliphatic heterocycles. The van der Waals surface area contributed by atoms with Crippen LogP contribution in [0, 0.1) is 5.41 Å². The first-order chi connectivity index (χ1) is 9.06. The van der Waals surface area contributed by atoms with E-state index < -0.39 is 0 Å². The smallest absolute Gasteiger partial charge is 0.311 e. The number of benzene rings is 1. The zero-order valence-corrected chi connectivity index (χ0v) is 13.6. The number of carbonyl (C=O) groups is 1. The van der Waals surface area contributed by atoms with Gasteiger partial charge >= 0.3 is 5.97 Å². The third-order valence-electron chi connectivity index (χ3n) is 2.65. The van der Waals surface area contributed by atoms with Crippen molar-refractivity contribution in [1.82, 2.24) is 0 Å². The molecule has 110 valence electrons. The van der Waals surface area contributed by atoms with Gasteiger partial charge in [-0.15, -0.1) is 0 Å². The van der Waals surface area contributed by atoms with E-state index in [1.165, 1.54) is 0 Å². The third kappa shape index (κ3) is 8.41. The number of hydrogen-bond donors (Lipinski definition) is 0. The van der Waals surface area contributed by atoms with Crippen molar-refractivity contribution in [2.24, 2.45) is 5.41 Å². The fourth-order valence-electron chi connectivity index (χ4n) is 1.06. The summed E-state index contributed by atoms with van der Waals surface area (Å²) in [6.07, 6.45) is 0.792. The molecule has 19 heavy (non-hydrogen) atoms. The Morgan fingerprint density at radius 3 is 1.95 bits per heavy atom. The van der Waals surface area contributed by atoms with Gasteiger partial charge in [0.15, 0.2) is 0 Å². The number of esters is 1. The van der Waals surface area contributed by atoms with Crippen LogP contribution < -0.4 is 0 Å². The van der Waals surface area contributed by atoms with Gasteiger partial charge in [-0.25, -0.2) is 0 Å². The first-order valence-electron chi connectivity index (χ1n) is 7.27. The lowest BCUT2D eigenvalue weighted by Gasteiger charge is -2.20. The first-order valence-corrected chi connectivity index (χ1v) is 7.27. The van der Waals surface area contributed by atoms with Crippen molar-refractivity contribution < 1.29 is 9.53 Å². The van der Waals surface area contributed by atoms with Crippen LogP contribution in [-0.2, 0) is 16.1 Å². The predicted octanol–water partition coefficient (Wildman–Crippen LogP) is 5.22. The molecular formula is C17H30O2. The maximum absolute atomic E-state index is 11.6. The second kappa shape index (κ2) is 11.8. The maximum Gasteiger partial charge on any atom is 0.311 e. The molecular weight excluding hydrogens is 236 g/mol. The minimum Gasteiger partial charge on any atom is -0.460 e. The van der Waals surface area contributed by atoms with E-state index in [1.54, 1.807) is 0 Å². The molecule has 0 N–H and O–H groups in total. The fraction of sp³-hybridized carbons (Fsp3) is 0.588. The molecule has 0 fully saturated rings. The van der Waals surface area contributed by atoms with E-state index >= 15 is 0 Å². The molecule has 0 amide bonds. The Morgan fingerprint density at radius 1 is 1.05 bits per heavy atom.